The molecule has 1 aromatic rings. The van der Waals surface area contributed by atoms with Crippen LogP contribution in [0.5, 0.6) is 0 Å². The zero-order chi connectivity index (χ0) is 14.8. The Morgan fingerprint density at radius 1 is 1.26 bits per heavy atom. The number of nitrogens with one attached hydrogen (secondary N) is 1. The summed E-state index contributed by atoms with van der Waals surface area (Å²) in [7, 11) is -6.88. The number of nitrogens with two attached hydrogens (primary N) is 1. The minimum absolute atomic E-state index is 0.0315. The van der Waals surface area contributed by atoms with Crippen LogP contribution in [-0.4, -0.2) is 34.9 Å². The van der Waals surface area contributed by atoms with Crippen LogP contribution in [-0.2, 0) is 19.9 Å². The molecule has 6 nitrogen and oxygen atoms in total. The van der Waals surface area contributed by atoms with Gasteiger partial charge in [0.05, 0.1) is 10.6 Å². The largest absolute Gasteiger partial charge is 0.382 e. The number of sulfone groups is 1. The maximum atomic E-state index is 11.4. The second-order valence-electron chi connectivity index (χ2n) is 4.66. The molecule has 1 unspecified atom stereocenters. The molecule has 8 heteroatoms. The molecule has 1 atom stereocenters. The number of benzene rings is 1. The quantitative estimate of drug-likeness (QED) is 0.823. The predicted octanol–water partition coefficient (Wildman–Crippen LogP) is 0.487. The first-order valence-electron chi connectivity index (χ1n) is 5.57. The molecule has 108 valence electrons. The Bertz CT molecular complexity index is 666. The second kappa shape index (κ2) is 5.48. The summed E-state index contributed by atoms with van der Waals surface area (Å²) in [5, 5.41) is 8.05. The van der Waals surface area contributed by atoms with E-state index in [0.717, 1.165) is 6.26 Å². The predicted molar refractivity (Wildman–Crippen MR) is 75.3 cm³/mol. The Morgan fingerprint density at radius 2 is 1.84 bits per heavy atom. The van der Waals surface area contributed by atoms with Gasteiger partial charge in [-0.05, 0) is 31.5 Å². The summed E-state index contributed by atoms with van der Waals surface area (Å²) >= 11 is 0. The fourth-order valence-electron chi connectivity index (χ4n) is 1.78. The molecule has 0 aliphatic heterocycles. The maximum Gasteiger partial charge on any atom is 0.238 e. The number of aryl methyl sites for hydroxylation is 1. The van der Waals surface area contributed by atoms with Gasteiger partial charge in [0.15, 0.2) is 0 Å². The van der Waals surface area contributed by atoms with Gasteiger partial charge >= 0.3 is 0 Å². The molecule has 1 aromatic carbocycles. The van der Waals surface area contributed by atoms with Crippen LogP contribution in [0.2, 0.25) is 0 Å². The monoisotopic (exact) mass is 306 g/mol. The highest BCUT2D eigenvalue weighted by molar-refractivity contribution is 7.90. The van der Waals surface area contributed by atoms with Gasteiger partial charge in [-0.15, -0.1) is 0 Å². The molecule has 0 heterocycles. The summed E-state index contributed by atoms with van der Waals surface area (Å²) < 4.78 is 45.1. The molecule has 1 rings (SSSR count). The zero-order valence-corrected chi connectivity index (χ0v) is 12.7. The number of rotatable bonds is 5. The molecule has 0 fully saturated rings. The lowest BCUT2D eigenvalue weighted by Gasteiger charge is -2.15. The van der Waals surface area contributed by atoms with Crippen molar-refractivity contribution < 1.29 is 16.8 Å². The van der Waals surface area contributed by atoms with Crippen LogP contribution in [0.25, 0.3) is 0 Å². The van der Waals surface area contributed by atoms with Crippen molar-refractivity contribution in [2.75, 3.05) is 17.3 Å². The minimum Gasteiger partial charge on any atom is -0.382 e. The number of hydrogen-bond acceptors (Lipinski definition) is 5. The molecule has 0 saturated carbocycles. The highest BCUT2D eigenvalue weighted by Gasteiger charge is 2.14. The number of hydrogen-bond donors (Lipinski definition) is 2. The van der Waals surface area contributed by atoms with E-state index >= 15 is 0 Å². The van der Waals surface area contributed by atoms with E-state index in [0.29, 0.717) is 11.3 Å². The lowest BCUT2D eigenvalue weighted by molar-refractivity contribution is 0.595. The van der Waals surface area contributed by atoms with Crippen LogP contribution in [0.1, 0.15) is 12.5 Å². The lowest BCUT2D eigenvalue weighted by atomic mass is 10.2. The van der Waals surface area contributed by atoms with Gasteiger partial charge in [-0.1, -0.05) is 6.07 Å². The molecule has 19 heavy (non-hydrogen) atoms. The van der Waals surface area contributed by atoms with Crippen molar-refractivity contribution in [3.8, 4) is 0 Å². The third-order valence-electron chi connectivity index (χ3n) is 2.46. The summed E-state index contributed by atoms with van der Waals surface area (Å²) in [6, 6.07) is 4.38. The van der Waals surface area contributed by atoms with Gasteiger partial charge in [-0.3, -0.25) is 0 Å². The van der Waals surface area contributed by atoms with E-state index in [-0.39, 0.29) is 16.7 Å². The van der Waals surface area contributed by atoms with Crippen molar-refractivity contribution in [3.05, 3.63) is 23.8 Å². The van der Waals surface area contributed by atoms with Crippen LogP contribution >= 0.6 is 0 Å². The maximum absolute atomic E-state index is 11.4. The molecule has 0 aromatic heterocycles. The summed E-state index contributed by atoms with van der Waals surface area (Å²) in [6.45, 7) is 3.35. The average molecular weight is 306 g/mol. The molecule has 0 amide bonds. The van der Waals surface area contributed by atoms with E-state index in [1.54, 1.807) is 26.0 Å². The third-order valence-corrected chi connectivity index (χ3v) is 4.62. The normalized spacial score (nSPS) is 14.1. The Morgan fingerprint density at radius 3 is 2.32 bits per heavy atom. The Hall–Kier alpha value is -1.12. The molecule has 0 spiro atoms. The van der Waals surface area contributed by atoms with Crippen LogP contribution < -0.4 is 10.5 Å². The average Bonchev–Trinajstić information content (AvgIpc) is 2.16. The lowest BCUT2D eigenvalue weighted by Crippen LogP contribution is -2.25. The standard InChI is InChI=1S/C11H18N2O4S2/c1-8-4-5-10(6-11(8)19(12,16)17)13-9(2)7-18(3,14)15/h4-6,9,13H,7H2,1-3H3,(H2,12,16,17). The minimum atomic E-state index is -3.79. The van der Waals surface area contributed by atoms with Gasteiger partial charge < -0.3 is 5.32 Å². The molecule has 0 bridgehead atoms. The number of primary sulfonamides is 1. The first kappa shape index (κ1) is 15.9. The van der Waals surface area contributed by atoms with Crippen molar-refractivity contribution in [1.82, 2.24) is 0 Å². The third kappa shape index (κ3) is 5.17. The van der Waals surface area contributed by atoms with E-state index in [9.17, 15) is 16.8 Å². The van der Waals surface area contributed by atoms with Crippen molar-refractivity contribution in [3.63, 3.8) is 0 Å². The molecule has 0 aliphatic rings. The smallest absolute Gasteiger partial charge is 0.238 e. The molecular weight excluding hydrogens is 288 g/mol. The van der Waals surface area contributed by atoms with E-state index < -0.39 is 19.9 Å². The molecule has 0 aliphatic carbocycles. The van der Waals surface area contributed by atoms with Gasteiger partial charge in [0.25, 0.3) is 0 Å². The molecular formula is C11H18N2O4S2. The molecule has 3 N–H and O–H groups in total. The number of anilines is 1. The van der Waals surface area contributed by atoms with E-state index in [4.69, 9.17) is 5.14 Å². The number of sulfonamides is 1. The summed E-state index contributed by atoms with van der Waals surface area (Å²) in [5.74, 6) is -0.0361. The van der Waals surface area contributed by atoms with Crippen LogP contribution in [0.3, 0.4) is 0 Å². The Balaban J connectivity index is 2.99. The fourth-order valence-corrected chi connectivity index (χ4v) is 3.58. The van der Waals surface area contributed by atoms with Crippen molar-refractivity contribution in [2.45, 2.75) is 24.8 Å². The SMILES string of the molecule is Cc1ccc(NC(C)CS(C)(=O)=O)cc1S(N)(=O)=O. The van der Waals surface area contributed by atoms with Gasteiger partial charge in [0.2, 0.25) is 10.0 Å². The van der Waals surface area contributed by atoms with Gasteiger partial charge in [-0.25, -0.2) is 22.0 Å². The highest BCUT2D eigenvalue weighted by atomic mass is 32.2. The fraction of sp³-hybridized carbons (Fsp3) is 0.455. The van der Waals surface area contributed by atoms with Gasteiger partial charge in [0, 0.05) is 18.0 Å². The first-order valence-corrected chi connectivity index (χ1v) is 9.17. The molecule has 0 radical (unpaired) electrons. The van der Waals surface area contributed by atoms with E-state index in [1.165, 1.54) is 6.07 Å². The van der Waals surface area contributed by atoms with Crippen LogP contribution in [0.4, 0.5) is 5.69 Å². The van der Waals surface area contributed by atoms with Crippen LogP contribution in [0, 0.1) is 6.92 Å². The second-order valence-corrected chi connectivity index (χ2v) is 8.38. The topological polar surface area (TPSA) is 106 Å². The summed E-state index contributed by atoms with van der Waals surface area (Å²) in [6.07, 6.45) is 1.15. The summed E-state index contributed by atoms with van der Waals surface area (Å²) in [4.78, 5) is 0.0315. The summed E-state index contributed by atoms with van der Waals surface area (Å²) in [5.41, 5.74) is 1.06. The first-order chi connectivity index (χ1) is 8.49. The van der Waals surface area contributed by atoms with Crippen molar-refractivity contribution in [1.29, 1.82) is 0 Å². The van der Waals surface area contributed by atoms with E-state index in [2.05, 4.69) is 5.32 Å². The van der Waals surface area contributed by atoms with Crippen molar-refractivity contribution in [2.24, 2.45) is 5.14 Å². The zero-order valence-electron chi connectivity index (χ0n) is 11.0. The van der Waals surface area contributed by atoms with Gasteiger partial charge in [-0.2, -0.15) is 0 Å². The Kier molecular flexibility index (Phi) is 4.59. The van der Waals surface area contributed by atoms with Crippen molar-refractivity contribution >= 4 is 25.5 Å². The van der Waals surface area contributed by atoms with Crippen LogP contribution in [0.15, 0.2) is 23.1 Å². The van der Waals surface area contributed by atoms with Gasteiger partial charge in [0.1, 0.15) is 9.84 Å². The molecule has 0 saturated heterocycles. The highest BCUT2D eigenvalue weighted by Crippen LogP contribution is 2.19. The van der Waals surface area contributed by atoms with E-state index in [1.807, 2.05) is 0 Å². The Labute approximate surface area is 114 Å².